The minimum absolute atomic E-state index is 0.117. The third-order valence-corrected chi connectivity index (χ3v) is 4.38. The molecule has 1 atom stereocenters. The van der Waals surface area contributed by atoms with E-state index in [0.717, 1.165) is 10.9 Å². The van der Waals surface area contributed by atoms with Gasteiger partial charge in [-0.2, -0.15) is 0 Å². The number of ketones is 1. The van der Waals surface area contributed by atoms with Gasteiger partial charge in [-0.05, 0) is 53.7 Å². The molecule has 0 spiro atoms. The summed E-state index contributed by atoms with van der Waals surface area (Å²) in [4.78, 5) is 12.5. The van der Waals surface area contributed by atoms with Gasteiger partial charge in [0.05, 0.1) is 13.2 Å². The second kappa shape index (κ2) is 5.76. The third-order valence-electron chi connectivity index (χ3n) is 3.73. The first-order valence-electron chi connectivity index (χ1n) is 7.04. The molecule has 1 aliphatic carbocycles. The number of hydrogen-bond acceptors (Lipinski definition) is 3. The van der Waals surface area contributed by atoms with Gasteiger partial charge in [-0.3, -0.25) is 4.79 Å². The first-order valence-corrected chi connectivity index (χ1v) is 7.83. The van der Waals surface area contributed by atoms with Crippen LogP contribution in [0.2, 0.25) is 0 Å². The van der Waals surface area contributed by atoms with Crippen molar-refractivity contribution in [2.75, 3.05) is 13.2 Å². The van der Waals surface area contributed by atoms with Crippen LogP contribution in [0.4, 0.5) is 0 Å². The predicted octanol–water partition coefficient (Wildman–Crippen LogP) is 4.48. The average molecular weight is 341 g/mol. The maximum atomic E-state index is 12.5. The van der Waals surface area contributed by atoms with Crippen molar-refractivity contribution < 1.29 is 14.3 Å². The lowest BCUT2D eigenvalue weighted by molar-refractivity contribution is 0.0952. The lowest BCUT2D eigenvalue weighted by Crippen LogP contribution is -2.09. The predicted molar refractivity (Wildman–Crippen MR) is 82.7 cm³/mol. The van der Waals surface area contributed by atoms with Crippen LogP contribution in [0.1, 0.15) is 44.5 Å². The number of carbonyl (C=O) groups is 1. The van der Waals surface area contributed by atoms with E-state index in [1.807, 2.05) is 19.9 Å². The highest BCUT2D eigenvalue weighted by Crippen LogP contribution is 2.54. The fourth-order valence-electron chi connectivity index (χ4n) is 2.36. The van der Waals surface area contributed by atoms with Crippen molar-refractivity contribution in [3.8, 4) is 11.5 Å². The molecule has 0 N–H and O–H groups in total. The molecule has 1 saturated carbocycles. The zero-order valence-electron chi connectivity index (χ0n) is 12.5. The molecule has 1 aliphatic rings. The Morgan fingerprint density at radius 1 is 1.25 bits per heavy atom. The van der Waals surface area contributed by atoms with Gasteiger partial charge in [0.15, 0.2) is 17.3 Å². The SMILES string of the molecule is CCOc1cc(Br)c(C(=O)C2CC2(C)C)cc1OCC. The number of halogens is 1. The summed E-state index contributed by atoms with van der Waals surface area (Å²) in [6.07, 6.45) is 0.954. The second-order valence-electron chi connectivity index (χ2n) is 5.75. The summed E-state index contributed by atoms with van der Waals surface area (Å²) in [5, 5.41) is 0. The van der Waals surface area contributed by atoms with Crippen molar-refractivity contribution in [3.05, 3.63) is 22.2 Å². The van der Waals surface area contributed by atoms with Gasteiger partial charge in [0.25, 0.3) is 0 Å². The van der Waals surface area contributed by atoms with E-state index in [1.54, 1.807) is 6.07 Å². The molecule has 1 unspecified atom stereocenters. The van der Waals surface area contributed by atoms with Gasteiger partial charge in [-0.15, -0.1) is 0 Å². The number of hydrogen-bond donors (Lipinski definition) is 0. The zero-order chi connectivity index (χ0) is 14.9. The van der Waals surface area contributed by atoms with E-state index in [1.165, 1.54) is 0 Å². The van der Waals surface area contributed by atoms with E-state index in [0.29, 0.717) is 30.3 Å². The molecule has 4 heteroatoms. The third kappa shape index (κ3) is 3.00. The van der Waals surface area contributed by atoms with Gasteiger partial charge in [-0.1, -0.05) is 13.8 Å². The van der Waals surface area contributed by atoms with Crippen molar-refractivity contribution in [3.63, 3.8) is 0 Å². The molecule has 1 aromatic carbocycles. The fraction of sp³-hybridized carbons (Fsp3) is 0.562. The fourth-order valence-corrected chi connectivity index (χ4v) is 2.88. The lowest BCUT2D eigenvalue weighted by atomic mass is 10.0. The van der Waals surface area contributed by atoms with Crippen molar-refractivity contribution >= 4 is 21.7 Å². The molecule has 20 heavy (non-hydrogen) atoms. The Hall–Kier alpha value is -1.03. The van der Waals surface area contributed by atoms with Crippen molar-refractivity contribution in [2.24, 2.45) is 11.3 Å². The van der Waals surface area contributed by atoms with Gasteiger partial charge in [0, 0.05) is 16.0 Å². The van der Waals surface area contributed by atoms with Crippen molar-refractivity contribution in [1.82, 2.24) is 0 Å². The van der Waals surface area contributed by atoms with Crippen LogP contribution in [0.3, 0.4) is 0 Å². The van der Waals surface area contributed by atoms with Crippen LogP contribution in [-0.4, -0.2) is 19.0 Å². The van der Waals surface area contributed by atoms with Crippen LogP contribution < -0.4 is 9.47 Å². The Morgan fingerprint density at radius 3 is 2.20 bits per heavy atom. The molecule has 0 radical (unpaired) electrons. The molecule has 0 bridgehead atoms. The van der Waals surface area contributed by atoms with Gasteiger partial charge in [0.1, 0.15) is 0 Å². The second-order valence-corrected chi connectivity index (χ2v) is 6.61. The molecule has 0 heterocycles. The number of benzene rings is 1. The Morgan fingerprint density at radius 2 is 1.75 bits per heavy atom. The van der Waals surface area contributed by atoms with E-state index in [-0.39, 0.29) is 17.1 Å². The first-order chi connectivity index (χ1) is 9.40. The van der Waals surface area contributed by atoms with E-state index < -0.39 is 0 Å². The molecular weight excluding hydrogens is 320 g/mol. The summed E-state index contributed by atoms with van der Waals surface area (Å²) in [7, 11) is 0. The van der Waals surface area contributed by atoms with Gasteiger partial charge >= 0.3 is 0 Å². The van der Waals surface area contributed by atoms with Crippen LogP contribution >= 0.6 is 15.9 Å². The minimum atomic E-state index is 0.117. The molecule has 3 nitrogen and oxygen atoms in total. The quantitative estimate of drug-likeness (QED) is 0.716. The Balaban J connectivity index is 2.34. The van der Waals surface area contributed by atoms with Crippen LogP contribution in [0.25, 0.3) is 0 Å². The Labute approximate surface area is 128 Å². The molecule has 1 fully saturated rings. The topological polar surface area (TPSA) is 35.5 Å². The number of Topliss-reactive ketones (excluding diaryl/α,β-unsaturated/α-hetero) is 1. The molecular formula is C16H21BrO3. The van der Waals surface area contributed by atoms with Crippen LogP contribution in [0, 0.1) is 11.3 Å². The highest BCUT2D eigenvalue weighted by molar-refractivity contribution is 9.10. The summed E-state index contributed by atoms with van der Waals surface area (Å²) in [5.74, 6) is 1.62. The van der Waals surface area contributed by atoms with Gasteiger partial charge < -0.3 is 9.47 Å². The zero-order valence-corrected chi connectivity index (χ0v) is 14.0. The molecule has 0 saturated heterocycles. The lowest BCUT2D eigenvalue weighted by Gasteiger charge is -2.14. The van der Waals surface area contributed by atoms with Crippen LogP contribution in [-0.2, 0) is 0 Å². The summed E-state index contributed by atoms with van der Waals surface area (Å²) >= 11 is 3.48. The number of rotatable bonds is 6. The molecule has 1 aromatic rings. The number of carbonyl (C=O) groups excluding carboxylic acids is 1. The maximum Gasteiger partial charge on any atom is 0.167 e. The van der Waals surface area contributed by atoms with Crippen LogP contribution in [0.15, 0.2) is 16.6 Å². The molecule has 110 valence electrons. The highest BCUT2D eigenvalue weighted by atomic mass is 79.9. The summed E-state index contributed by atoms with van der Waals surface area (Å²) in [6.45, 7) is 9.21. The Bertz CT molecular complexity index is 523. The minimum Gasteiger partial charge on any atom is -0.490 e. The van der Waals surface area contributed by atoms with E-state index in [2.05, 4.69) is 29.8 Å². The van der Waals surface area contributed by atoms with Crippen molar-refractivity contribution in [1.29, 1.82) is 0 Å². The van der Waals surface area contributed by atoms with Crippen LogP contribution in [0.5, 0.6) is 11.5 Å². The highest BCUT2D eigenvalue weighted by Gasteiger charge is 2.50. The molecule has 0 aromatic heterocycles. The average Bonchev–Trinajstić information content (AvgIpc) is 3.01. The maximum absolute atomic E-state index is 12.5. The molecule has 0 aliphatic heterocycles. The van der Waals surface area contributed by atoms with E-state index in [9.17, 15) is 4.79 Å². The molecule has 2 rings (SSSR count). The first kappa shape index (κ1) is 15.4. The van der Waals surface area contributed by atoms with Gasteiger partial charge in [0.2, 0.25) is 0 Å². The summed E-state index contributed by atoms with van der Waals surface area (Å²) in [6, 6.07) is 3.63. The van der Waals surface area contributed by atoms with Crippen molar-refractivity contribution in [2.45, 2.75) is 34.1 Å². The normalized spacial score (nSPS) is 19.6. The van der Waals surface area contributed by atoms with Gasteiger partial charge in [-0.25, -0.2) is 0 Å². The largest absolute Gasteiger partial charge is 0.490 e. The monoisotopic (exact) mass is 340 g/mol. The van der Waals surface area contributed by atoms with E-state index in [4.69, 9.17) is 9.47 Å². The summed E-state index contributed by atoms with van der Waals surface area (Å²) in [5.41, 5.74) is 0.813. The molecule has 0 amide bonds. The Kier molecular flexibility index (Phi) is 4.43. The van der Waals surface area contributed by atoms with E-state index >= 15 is 0 Å². The smallest absolute Gasteiger partial charge is 0.167 e. The standard InChI is InChI=1S/C16H21BrO3/c1-5-19-13-7-10(12(17)8-14(13)20-6-2)15(18)11-9-16(11,3)4/h7-8,11H,5-6,9H2,1-4H3. The summed E-state index contributed by atoms with van der Waals surface area (Å²) < 4.78 is 11.9. The number of ether oxygens (including phenoxy) is 2.